The number of halogens is 2. The molecule has 28 heavy (non-hydrogen) atoms. The third kappa shape index (κ3) is 5.23. The summed E-state index contributed by atoms with van der Waals surface area (Å²) in [6.45, 7) is 3.94. The summed E-state index contributed by atoms with van der Waals surface area (Å²) < 4.78 is 1.97. The van der Waals surface area contributed by atoms with Crippen molar-refractivity contribution in [1.82, 2.24) is 0 Å². The first-order valence-electron chi connectivity index (χ1n) is 9.47. The Labute approximate surface area is 182 Å². The van der Waals surface area contributed by atoms with Gasteiger partial charge < -0.3 is 10.6 Å². The van der Waals surface area contributed by atoms with E-state index >= 15 is 0 Å². The molecular formula is C22H24Br2N2O2. The highest BCUT2D eigenvalue weighted by molar-refractivity contribution is 9.10. The van der Waals surface area contributed by atoms with Crippen LogP contribution in [-0.2, 0) is 9.59 Å². The Morgan fingerprint density at radius 3 is 1.64 bits per heavy atom. The average Bonchev–Trinajstić information content (AvgIpc) is 2.66. The second-order valence-electron chi connectivity index (χ2n) is 7.46. The zero-order valence-corrected chi connectivity index (χ0v) is 19.2. The Bertz CT molecular complexity index is 827. The third-order valence-corrected chi connectivity index (χ3v) is 6.29. The molecule has 2 unspecified atom stereocenters. The minimum Gasteiger partial charge on any atom is -0.326 e. The average molecular weight is 508 g/mol. The van der Waals surface area contributed by atoms with Crippen LogP contribution in [0.5, 0.6) is 0 Å². The number of hydrogen-bond acceptors (Lipinski definition) is 2. The second kappa shape index (κ2) is 9.23. The van der Waals surface area contributed by atoms with Gasteiger partial charge in [-0.15, -0.1) is 0 Å². The number of anilines is 2. The number of rotatable bonds is 4. The molecule has 4 nitrogen and oxygen atoms in total. The van der Waals surface area contributed by atoms with E-state index in [-0.39, 0.29) is 23.7 Å². The summed E-state index contributed by atoms with van der Waals surface area (Å²) in [5, 5.41) is 6.07. The van der Waals surface area contributed by atoms with E-state index in [9.17, 15) is 9.59 Å². The molecule has 0 aromatic heterocycles. The molecule has 0 heterocycles. The van der Waals surface area contributed by atoms with Gasteiger partial charge in [0, 0.05) is 32.2 Å². The van der Waals surface area contributed by atoms with Crippen molar-refractivity contribution in [2.24, 2.45) is 11.8 Å². The molecule has 2 aromatic carbocycles. The Kier molecular flexibility index (Phi) is 6.94. The number of carbonyl (C=O) groups is 2. The molecule has 3 rings (SSSR count). The van der Waals surface area contributed by atoms with Crippen molar-refractivity contribution in [3.05, 3.63) is 56.5 Å². The van der Waals surface area contributed by atoms with Gasteiger partial charge in [0.15, 0.2) is 0 Å². The standard InChI is InChI=1S/C22H24Br2N2O2/c1-13-10-17(23)6-8-19(13)25-21(27)15-4-3-5-16(12-15)22(28)26-20-9-7-18(24)11-14(20)2/h6-11,15-16H,3-5,12H2,1-2H3,(H,25,27)(H,26,28). The van der Waals surface area contributed by atoms with Crippen LogP contribution in [0, 0.1) is 25.7 Å². The number of carbonyl (C=O) groups excluding carboxylic acids is 2. The molecule has 1 aliphatic carbocycles. The van der Waals surface area contributed by atoms with Crippen molar-refractivity contribution < 1.29 is 9.59 Å². The molecule has 2 amide bonds. The van der Waals surface area contributed by atoms with Crippen molar-refractivity contribution in [2.45, 2.75) is 39.5 Å². The Morgan fingerprint density at radius 1 is 0.821 bits per heavy atom. The highest BCUT2D eigenvalue weighted by Crippen LogP contribution is 2.32. The fraction of sp³-hybridized carbons (Fsp3) is 0.364. The van der Waals surface area contributed by atoms with Crippen LogP contribution in [0.3, 0.4) is 0 Å². The monoisotopic (exact) mass is 506 g/mol. The van der Waals surface area contributed by atoms with Gasteiger partial charge in [-0.05, 0) is 80.6 Å². The number of hydrogen-bond donors (Lipinski definition) is 2. The summed E-state index contributed by atoms with van der Waals surface area (Å²) in [7, 11) is 0. The fourth-order valence-corrected chi connectivity index (χ4v) is 4.62. The van der Waals surface area contributed by atoms with Gasteiger partial charge in [-0.3, -0.25) is 9.59 Å². The fourth-order valence-electron chi connectivity index (χ4n) is 3.67. The maximum atomic E-state index is 12.8. The van der Waals surface area contributed by atoms with Gasteiger partial charge in [-0.2, -0.15) is 0 Å². The van der Waals surface area contributed by atoms with Gasteiger partial charge in [-0.25, -0.2) is 0 Å². The van der Waals surface area contributed by atoms with E-state index in [2.05, 4.69) is 42.5 Å². The Balaban J connectivity index is 1.62. The van der Waals surface area contributed by atoms with Crippen LogP contribution in [0.4, 0.5) is 11.4 Å². The van der Waals surface area contributed by atoms with E-state index in [1.54, 1.807) is 0 Å². The van der Waals surface area contributed by atoms with Crippen LogP contribution in [-0.4, -0.2) is 11.8 Å². The summed E-state index contributed by atoms with van der Waals surface area (Å²) in [6, 6.07) is 11.6. The molecule has 0 spiro atoms. The van der Waals surface area contributed by atoms with Gasteiger partial charge in [0.2, 0.25) is 11.8 Å². The Morgan fingerprint density at radius 2 is 1.25 bits per heavy atom. The first kappa shape index (κ1) is 21.1. The predicted molar refractivity (Wildman–Crippen MR) is 120 cm³/mol. The smallest absolute Gasteiger partial charge is 0.227 e. The van der Waals surface area contributed by atoms with E-state index in [4.69, 9.17) is 0 Å². The number of amides is 2. The van der Waals surface area contributed by atoms with E-state index in [1.165, 1.54) is 0 Å². The van der Waals surface area contributed by atoms with Crippen LogP contribution in [0.15, 0.2) is 45.3 Å². The van der Waals surface area contributed by atoms with E-state index in [0.29, 0.717) is 6.42 Å². The van der Waals surface area contributed by atoms with Gasteiger partial charge >= 0.3 is 0 Å². The molecule has 1 aliphatic rings. The SMILES string of the molecule is Cc1cc(Br)ccc1NC(=O)C1CCCC(C(=O)Nc2ccc(Br)cc2C)C1. The largest absolute Gasteiger partial charge is 0.326 e. The summed E-state index contributed by atoms with van der Waals surface area (Å²) in [6.07, 6.45) is 3.11. The lowest BCUT2D eigenvalue weighted by molar-refractivity contribution is -0.124. The van der Waals surface area contributed by atoms with E-state index in [0.717, 1.165) is 50.7 Å². The predicted octanol–water partition coefficient (Wildman–Crippen LogP) is 6.21. The highest BCUT2D eigenvalue weighted by atomic mass is 79.9. The first-order valence-corrected chi connectivity index (χ1v) is 11.1. The summed E-state index contributed by atoms with van der Waals surface area (Å²) >= 11 is 6.88. The molecule has 2 N–H and O–H groups in total. The lowest BCUT2D eigenvalue weighted by Gasteiger charge is -2.28. The number of nitrogens with one attached hydrogen (secondary N) is 2. The first-order chi connectivity index (χ1) is 13.3. The van der Waals surface area contributed by atoms with Crippen LogP contribution < -0.4 is 10.6 Å². The third-order valence-electron chi connectivity index (χ3n) is 5.31. The molecule has 1 saturated carbocycles. The van der Waals surface area contributed by atoms with Crippen molar-refractivity contribution in [3.8, 4) is 0 Å². The molecule has 0 aliphatic heterocycles. The number of aryl methyl sites for hydroxylation is 2. The van der Waals surface area contributed by atoms with Gasteiger partial charge in [-0.1, -0.05) is 38.3 Å². The quantitative estimate of drug-likeness (QED) is 0.516. The van der Waals surface area contributed by atoms with Crippen molar-refractivity contribution in [2.75, 3.05) is 10.6 Å². The molecular weight excluding hydrogens is 484 g/mol. The number of benzene rings is 2. The molecule has 0 bridgehead atoms. The van der Waals surface area contributed by atoms with Crippen molar-refractivity contribution >= 4 is 55.0 Å². The van der Waals surface area contributed by atoms with Crippen LogP contribution in [0.1, 0.15) is 36.8 Å². The zero-order valence-electron chi connectivity index (χ0n) is 16.0. The van der Waals surface area contributed by atoms with Gasteiger partial charge in [0.25, 0.3) is 0 Å². The van der Waals surface area contributed by atoms with Crippen molar-refractivity contribution in [1.29, 1.82) is 0 Å². The van der Waals surface area contributed by atoms with Crippen molar-refractivity contribution in [3.63, 3.8) is 0 Å². The summed E-state index contributed by atoms with van der Waals surface area (Å²) in [4.78, 5) is 25.5. The van der Waals surface area contributed by atoms with Crippen LogP contribution in [0.25, 0.3) is 0 Å². The Hall–Kier alpha value is -1.66. The lowest BCUT2D eigenvalue weighted by Crippen LogP contribution is -2.33. The highest BCUT2D eigenvalue weighted by Gasteiger charge is 2.31. The molecule has 2 aromatic rings. The maximum absolute atomic E-state index is 12.8. The molecule has 0 saturated heterocycles. The van der Waals surface area contributed by atoms with Crippen LogP contribution >= 0.6 is 31.9 Å². The molecule has 6 heteroatoms. The zero-order chi connectivity index (χ0) is 20.3. The molecule has 2 atom stereocenters. The van der Waals surface area contributed by atoms with Gasteiger partial charge in [0.1, 0.15) is 0 Å². The molecule has 1 fully saturated rings. The van der Waals surface area contributed by atoms with E-state index < -0.39 is 0 Å². The second-order valence-corrected chi connectivity index (χ2v) is 9.29. The maximum Gasteiger partial charge on any atom is 0.227 e. The van der Waals surface area contributed by atoms with Gasteiger partial charge in [0.05, 0.1) is 0 Å². The minimum atomic E-state index is -0.140. The molecule has 0 radical (unpaired) electrons. The van der Waals surface area contributed by atoms with E-state index in [1.807, 2.05) is 50.2 Å². The lowest BCUT2D eigenvalue weighted by atomic mass is 9.80. The normalized spacial score (nSPS) is 19.1. The minimum absolute atomic E-state index is 0.00254. The summed E-state index contributed by atoms with van der Waals surface area (Å²) in [5.74, 6) is -0.275. The topological polar surface area (TPSA) is 58.2 Å². The van der Waals surface area contributed by atoms with Crippen LogP contribution in [0.2, 0.25) is 0 Å². The molecule has 148 valence electrons. The summed E-state index contributed by atoms with van der Waals surface area (Å²) in [5.41, 5.74) is 3.67.